The molecule has 0 saturated carbocycles. The van der Waals surface area contributed by atoms with Crippen LogP contribution < -0.4 is 0 Å². The minimum atomic E-state index is -6.30. The van der Waals surface area contributed by atoms with E-state index in [1.807, 2.05) is 0 Å². The first kappa shape index (κ1) is 31.1. The van der Waals surface area contributed by atoms with Crippen molar-refractivity contribution in [1.82, 2.24) is 0 Å². The second-order valence-corrected chi connectivity index (χ2v) is 10.8. The summed E-state index contributed by atoms with van der Waals surface area (Å²) in [5.41, 5.74) is -12.5. The highest BCUT2D eigenvalue weighted by Gasteiger charge is 2.56. The molecule has 0 aromatic carbocycles. The number of hydrogen-bond donors (Lipinski definition) is 0. The molecule has 0 amide bonds. The van der Waals surface area contributed by atoms with E-state index >= 15 is 0 Å². The lowest BCUT2D eigenvalue weighted by Gasteiger charge is -2.15. The van der Waals surface area contributed by atoms with Crippen LogP contribution in [0.1, 0.15) is 32.0 Å². The molecule has 0 nitrogen and oxygen atoms in total. The van der Waals surface area contributed by atoms with Gasteiger partial charge in [-0.2, -0.15) is 79.0 Å². The molecule has 0 fully saturated rings. The summed E-state index contributed by atoms with van der Waals surface area (Å²) in [7, 11) is -1.88. The molecule has 0 aliphatic heterocycles. The van der Waals surface area contributed by atoms with Gasteiger partial charge in [0, 0.05) is 0 Å². The lowest BCUT2D eigenvalue weighted by Crippen LogP contribution is -2.19. The van der Waals surface area contributed by atoms with Crippen LogP contribution in [0.4, 0.5) is 79.0 Å². The van der Waals surface area contributed by atoms with E-state index in [-0.39, 0.29) is 0 Å². The molecule has 2 heterocycles. The van der Waals surface area contributed by atoms with Crippen LogP contribution in [0.25, 0.3) is 0 Å². The lowest BCUT2D eigenvalue weighted by molar-refractivity contribution is -0.173. The summed E-state index contributed by atoms with van der Waals surface area (Å²) >= 11 is -2.48. The zero-order valence-electron chi connectivity index (χ0n) is 15.4. The van der Waals surface area contributed by atoms with Crippen molar-refractivity contribution >= 4 is 44.3 Å². The fourth-order valence-electron chi connectivity index (χ4n) is 2.47. The quantitative estimate of drug-likeness (QED) is 0.242. The third-order valence-electron chi connectivity index (χ3n) is 3.59. The van der Waals surface area contributed by atoms with E-state index in [2.05, 4.69) is 0 Å². The third-order valence-corrected chi connectivity index (χ3v) is 9.33. The fraction of sp³-hybridized carbons (Fsp3) is 0.429. The molecular formula is C14F18S4. The van der Waals surface area contributed by atoms with Crippen LogP contribution in [0.3, 0.4) is 0 Å². The average molecular weight is 638 g/mol. The Morgan fingerprint density at radius 3 is 0.722 bits per heavy atom. The Labute approximate surface area is 201 Å². The van der Waals surface area contributed by atoms with E-state index in [9.17, 15) is 79.0 Å². The Bertz CT molecular complexity index is 1010. The molecule has 0 N–H and O–H groups in total. The maximum Gasteiger partial charge on any atom is 0.426 e. The Kier molecular flexibility index (Phi) is 7.97. The SMILES string of the molecule is FC(F)(F)c1sc(SSc2sc(C(F)(F)F)c(C(F)(F)F)c2C(F)(F)F)c(C(F)(F)F)c1C(F)(F)F. The number of hydrogen-bond acceptors (Lipinski definition) is 4. The zero-order valence-corrected chi connectivity index (χ0v) is 18.7. The topological polar surface area (TPSA) is 0 Å². The Morgan fingerprint density at radius 2 is 0.556 bits per heavy atom. The average Bonchev–Trinajstić information content (AvgIpc) is 3.17. The summed E-state index contributed by atoms with van der Waals surface area (Å²) in [5, 5.41) is 0. The van der Waals surface area contributed by atoms with Crippen LogP contribution in [-0.2, 0) is 37.1 Å². The Morgan fingerprint density at radius 1 is 0.333 bits per heavy atom. The summed E-state index contributed by atoms with van der Waals surface area (Å²) in [6.07, 6.45) is -37.1. The molecule has 0 saturated heterocycles. The van der Waals surface area contributed by atoms with Crippen LogP contribution in [0.5, 0.6) is 0 Å². The van der Waals surface area contributed by atoms with Gasteiger partial charge < -0.3 is 0 Å². The maximum atomic E-state index is 13.3. The monoisotopic (exact) mass is 638 g/mol. The van der Waals surface area contributed by atoms with Gasteiger partial charge in [-0.1, -0.05) is 0 Å². The van der Waals surface area contributed by atoms with E-state index in [0.29, 0.717) is 0 Å². The molecule has 0 unspecified atom stereocenters. The number of alkyl halides is 18. The van der Waals surface area contributed by atoms with Gasteiger partial charge in [0.2, 0.25) is 0 Å². The zero-order chi connectivity index (χ0) is 28.4. The van der Waals surface area contributed by atoms with Gasteiger partial charge in [-0.05, 0) is 21.6 Å². The molecule has 0 aliphatic rings. The van der Waals surface area contributed by atoms with Crippen molar-refractivity contribution in [2.24, 2.45) is 0 Å². The summed E-state index contributed by atoms with van der Waals surface area (Å²) in [4.78, 5) is -5.75. The molecule has 2 aromatic rings. The van der Waals surface area contributed by atoms with Crippen molar-refractivity contribution in [3.05, 3.63) is 32.0 Å². The first-order valence-corrected chi connectivity index (χ1v) is 11.6. The molecule has 0 radical (unpaired) electrons. The van der Waals surface area contributed by atoms with Gasteiger partial charge in [-0.25, -0.2) is 0 Å². The van der Waals surface area contributed by atoms with Crippen molar-refractivity contribution in [2.45, 2.75) is 45.5 Å². The smallest absolute Gasteiger partial charge is 0.166 e. The fourth-order valence-corrected chi connectivity index (χ4v) is 8.06. The lowest BCUT2D eigenvalue weighted by atomic mass is 10.1. The molecule has 2 rings (SSSR count). The third kappa shape index (κ3) is 6.45. The van der Waals surface area contributed by atoms with Gasteiger partial charge >= 0.3 is 37.1 Å². The molecule has 22 heteroatoms. The van der Waals surface area contributed by atoms with E-state index in [1.54, 1.807) is 0 Å². The van der Waals surface area contributed by atoms with E-state index < -0.39 is 122 Å². The number of rotatable bonds is 3. The van der Waals surface area contributed by atoms with Gasteiger partial charge in [-0.3, -0.25) is 0 Å². The van der Waals surface area contributed by atoms with Crippen LogP contribution in [0.15, 0.2) is 8.42 Å². The molecule has 0 aliphatic carbocycles. The van der Waals surface area contributed by atoms with Crippen LogP contribution in [-0.4, -0.2) is 0 Å². The highest BCUT2D eigenvalue weighted by Crippen LogP contribution is 2.60. The molecule has 0 atom stereocenters. The molecular weight excluding hydrogens is 638 g/mol. The van der Waals surface area contributed by atoms with Gasteiger partial charge in [-0.15, -0.1) is 22.7 Å². The maximum absolute atomic E-state index is 13.3. The second-order valence-electron chi connectivity index (χ2n) is 6.09. The summed E-state index contributed by atoms with van der Waals surface area (Å²) in [6, 6.07) is 0. The normalized spacial score (nSPS) is 14.6. The van der Waals surface area contributed by atoms with E-state index in [1.165, 1.54) is 0 Å². The molecule has 36 heavy (non-hydrogen) atoms. The highest BCUT2D eigenvalue weighted by molar-refractivity contribution is 8.77. The molecule has 0 bridgehead atoms. The van der Waals surface area contributed by atoms with E-state index in [0.717, 1.165) is 0 Å². The predicted octanol–water partition coefficient (Wildman–Crippen LogP) is 10.7. The minimum absolute atomic E-state index is 0.941. The minimum Gasteiger partial charge on any atom is -0.166 e. The van der Waals surface area contributed by atoms with Crippen molar-refractivity contribution < 1.29 is 79.0 Å². The standard InChI is InChI=1S/C14F18S4/c15-9(16,17)1-3(11(21,22)23)7(33-5(1)13(27,28)29)35-36-8-4(12(24,25)26)2(10(18,19)20)6(34-8)14(30,31)32. The van der Waals surface area contributed by atoms with Crippen molar-refractivity contribution in [3.63, 3.8) is 0 Å². The van der Waals surface area contributed by atoms with Gasteiger partial charge in [0.05, 0.1) is 30.7 Å². The summed E-state index contributed by atoms with van der Waals surface area (Å²) in [5.74, 6) is 0. The first-order valence-electron chi connectivity index (χ1n) is 7.79. The van der Waals surface area contributed by atoms with E-state index in [4.69, 9.17) is 0 Å². The molecule has 206 valence electrons. The van der Waals surface area contributed by atoms with Crippen LogP contribution in [0, 0.1) is 0 Å². The first-order chi connectivity index (χ1) is 15.7. The van der Waals surface area contributed by atoms with Gasteiger partial charge in [0.25, 0.3) is 0 Å². The predicted molar refractivity (Wildman–Crippen MR) is 90.4 cm³/mol. The molecule has 0 spiro atoms. The van der Waals surface area contributed by atoms with Crippen LogP contribution >= 0.6 is 44.3 Å². The largest absolute Gasteiger partial charge is 0.426 e. The number of thiophene rings is 2. The van der Waals surface area contributed by atoms with Crippen molar-refractivity contribution in [2.75, 3.05) is 0 Å². The van der Waals surface area contributed by atoms with Crippen molar-refractivity contribution in [3.8, 4) is 0 Å². The van der Waals surface area contributed by atoms with Gasteiger partial charge in [0.15, 0.2) is 0 Å². The Balaban J connectivity index is 2.79. The Hall–Kier alpha value is -1.16. The van der Waals surface area contributed by atoms with Gasteiger partial charge in [0.1, 0.15) is 9.75 Å². The van der Waals surface area contributed by atoms with Crippen LogP contribution in [0.2, 0.25) is 0 Å². The highest BCUT2D eigenvalue weighted by atomic mass is 33.1. The summed E-state index contributed by atoms with van der Waals surface area (Å²) in [6.45, 7) is 0. The van der Waals surface area contributed by atoms with Crippen molar-refractivity contribution in [1.29, 1.82) is 0 Å². The number of halogens is 18. The molecule has 2 aromatic heterocycles. The second kappa shape index (κ2) is 9.24. The summed E-state index contributed by atoms with van der Waals surface area (Å²) < 4.78 is 232.